The van der Waals surface area contributed by atoms with Crippen LogP contribution in [0.25, 0.3) is 0 Å². The Labute approximate surface area is 261 Å². The van der Waals surface area contributed by atoms with E-state index in [1.807, 2.05) is 23.2 Å². The van der Waals surface area contributed by atoms with Gasteiger partial charge >= 0.3 is 0 Å². The van der Waals surface area contributed by atoms with Gasteiger partial charge in [-0.3, -0.25) is 9.59 Å². The van der Waals surface area contributed by atoms with Crippen LogP contribution in [0.4, 0.5) is 28.9 Å². The van der Waals surface area contributed by atoms with Crippen LogP contribution >= 0.6 is 0 Å². The molecule has 0 aliphatic heterocycles. The predicted octanol–water partition coefficient (Wildman–Crippen LogP) is 6.03. The van der Waals surface area contributed by atoms with Gasteiger partial charge in [-0.25, -0.2) is 9.13 Å². The highest BCUT2D eigenvalue weighted by atomic mass is 19.2. The molecule has 46 heavy (non-hydrogen) atoms. The molecule has 0 atom stereocenters. The maximum absolute atomic E-state index is 15.0. The topological polar surface area (TPSA) is 66.8 Å². The van der Waals surface area contributed by atoms with Crippen molar-refractivity contribution >= 4 is 23.2 Å². The number of carbonyl (C=O) groups is 2. The van der Waals surface area contributed by atoms with Crippen molar-refractivity contribution < 1.29 is 45.8 Å². The molecule has 12 heteroatoms. The summed E-state index contributed by atoms with van der Waals surface area (Å²) in [6.07, 6.45) is 7.11. The molecule has 0 saturated heterocycles. The fourth-order valence-electron chi connectivity index (χ4n) is 4.39. The largest absolute Gasteiger partial charge is 0.451 e. The number of rotatable bonds is 8. The number of halogens is 4. The van der Waals surface area contributed by atoms with Gasteiger partial charge in [-0.1, -0.05) is 0 Å². The van der Waals surface area contributed by atoms with Crippen molar-refractivity contribution in [3.63, 3.8) is 0 Å². The highest BCUT2D eigenvalue weighted by molar-refractivity contribution is 6.06. The molecule has 2 heterocycles. The molecule has 234 valence electrons. The Hall–Kier alpha value is -5.78. The highest BCUT2D eigenvalue weighted by Crippen LogP contribution is 2.39. The molecule has 8 nitrogen and oxygen atoms in total. The molecule has 0 unspecified atom stereocenters. The third kappa shape index (κ3) is 6.50. The van der Waals surface area contributed by atoms with E-state index < -0.39 is 34.8 Å². The van der Waals surface area contributed by atoms with E-state index in [2.05, 4.69) is 0 Å². The summed E-state index contributed by atoms with van der Waals surface area (Å²) in [4.78, 5) is 28.5. The maximum atomic E-state index is 15.0. The molecule has 0 radical (unpaired) electrons. The quantitative estimate of drug-likeness (QED) is 0.119. The Morgan fingerprint density at radius 2 is 0.804 bits per heavy atom. The van der Waals surface area contributed by atoms with E-state index in [0.29, 0.717) is 11.4 Å². The zero-order valence-corrected chi connectivity index (χ0v) is 25.2. The lowest BCUT2D eigenvalue weighted by atomic mass is 10.2. The first-order valence-corrected chi connectivity index (χ1v) is 13.8. The van der Waals surface area contributed by atoms with E-state index >= 15 is 0 Å². The number of hydrogen-bond donors (Lipinski definition) is 0. The number of aromatic nitrogens is 2. The Kier molecular flexibility index (Phi) is 8.99. The number of carbonyl (C=O) groups excluding carboxylic acids is 2. The molecule has 5 rings (SSSR count). The van der Waals surface area contributed by atoms with Crippen LogP contribution in [0.2, 0.25) is 0 Å². The monoisotopic (exact) mass is 632 g/mol. The highest BCUT2D eigenvalue weighted by Gasteiger charge is 2.29. The standard InChI is InChI=1S/C34H28F4N4O4/c1-39-17-13-23(14-18-39)41(3)33(43)21-5-9-25(10-6-21)45-31-27(35)29(37)32(30(38)28(31)36)46-26-11-7-22(8-12-26)34(44)42(4)24-15-19-40(2)20-16-24/h5-20H,1-4H3/q+2. The Morgan fingerprint density at radius 3 is 1.09 bits per heavy atom. The van der Waals surface area contributed by atoms with Crippen LogP contribution in [0.15, 0.2) is 97.6 Å². The first-order valence-electron chi connectivity index (χ1n) is 13.8. The third-order valence-electron chi connectivity index (χ3n) is 7.13. The van der Waals surface area contributed by atoms with Gasteiger partial charge in [0.05, 0.1) is 11.4 Å². The molecule has 0 spiro atoms. The fourth-order valence-corrected chi connectivity index (χ4v) is 4.39. The summed E-state index contributed by atoms with van der Waals surface area (Å²) in [5, 5.41) is 0. The molecule has 5 aromatic rings. The predicted molar refractivity (Wildman–Crippen MR) is 160 cm³/mol. The zero-order chi connectivity index (χ0) is 33.1. The first-order chi connectivity index (χ1) is 21.9. The number of hydrogen-bond acceptors (Lipinski definition) is 4. The van der Waals surface area contributed by atoms with Gasteiger partial charge in [-0.05, 0) is 48.5 Å². The van der Waals surface area contributed by atoms with Crippen LogP contribution in [0.1, 0.15) is 20.7 Å². The lowest BCUT2D eigenvalue weighted by Gasteiger charge is -2.17. The minimum absolute atomic E-state index is 0.175. The van der Waals surface area contributed by atoms with Crippen molar-refractivity contribution in [3.05, 3.63) is 132 Å². The van der Waals surface area contributed by atoms with Gasteiger partial charge in [0.15, 0.2) is 24.8 Å². The van der Waals surface area contributed by atoms with Gasteiger partial charge in [0.1, 0.15) is 25.6 Å². The van der Waals surface area contributed by atoms with Crippen LogP contribution in [0, 0.1) is 23.3 Å². The van der Waals surface area contributed by atoms with Crippen LogP contribution < -0.4 is 28.4 Å². The Balaban J connectivity index is 1.30. The average molecular weight is 633 g/mol. The average Bonchev–Trinajstić information content (AvgIpc) is 3.07. The summed E-state index contributed by atoms with van der Waals surface area (Å²) < 4.78 is 73.8. The molecule has 3 aromatic carbocycles. The normalized spacial score (nSPS) is 10.8. The van der Waals surface area contributed by atoms with Crippen molar-refractivity contribution in [3.8, 4) is 23.0 Å². The minimum Gasteiger partial charge on any atom is -0.451 e. The number of amides is 2. The number of anilines is 2. The lowest BCUT2D eigenvalue weighted by molar-refractivity contribution is -0.671. The molecule has 0 saturated carbocycles. The third-order valence-corrected chi connectivity index (χ3v) is 7.13. The number of ether oxygens (including phenoxy) is 2. The van der Waals surface area contributed by atoms with Crippen LogP contribution in [0.5, 0.6) is 23.0 Å². The molecular formula is C34H28F4N4O4+2. The second-order valence-electron chi connectivity index (χ2n) is 10.3. The van der Waals surface area contributed by atoms with Gasteiger partial charge in [-0.15, -0.1) is 0 Å². The van der Waals surface area contributed by atoms with Gasteiger partial charge in [0.2, 0.25) is 34.8 Å². The van der Waals surface area contributed by atoms with E-state index in [1.165, 1.54) is 58.3 Å². The molecular weight excluding hydrogens is 604 g/mol. The van der Waals surface area contributed by atoms with E-state index in [9.17, 15) is 27.2 Å². The number of benzene rings is 3. The van der Waals surface area contributed by atoms with Gasteiger partial charge in [-0.2, -0.15) is 17.6 Å². The smallest absolute Gasteiger partial charge is 0.258 e. The molecule has 0 bridgehead atoms. The Bertz CT molecular complexity index is 1730. The minimum atomic E-state index is -1.82. The first kappa shape index (κ1) is 31.6. The maximum Gasteiger partial charge on any atom is 0.258 e. The van der Waals surface area contributed by atoms with Crippen molar-refractivity contribution in [2.24, 2.45) is 14.1 Å². The lowest BCUT2D eigenvalue weighted by Crippen LogP contribution is -2.30. The summed E-state index contributed by atoms with van der Waals surface area (Å²) in [6, 6.07) is 17.4. The number of nitrogens with zero attached hydrogens (tertiary/aromatic N) is 4. The molecule has 0 aliphatic carbocycles. The SMILES string of the molecule is CN(C(=O)c1ccc(Oc2c(F)c(F)c(Oc3ccc(C(=O)N(C)c4cc[n+](C)cc4)cc3)c(F)c2F)cc1)c1cc[n+](C)cc1. The molecule has 0 aliphatic rings. The van der Waals surface area contributed by atoms with Crippen LogP contribution in [-0.2, 0) is 14.1 Å². The summed E-state index contributed by atoms with van der Waals surface area (Å²) in [5.74, 6) is -11.0. The van der Waals surface area contributed by atoms with Crippen molar-refractivity contribution in [1.29, 1.82) is 0 Å². The van der Waals surface area contributed by atoms with E-state index in [0.717, 1.165) is 0 Å². The zero-order valence-electron chi connectivity index (χ0n) is 25.2. The molecule has 0 fully saturated rings. The van der Waals surface area contributed by atoms with Crippen molar-refractivity contribution in [2.45, 2.75) is 0 Å². The molecule has 0 N–H and O–H groups in total. The van der Waals surface area contributed by atoms with Gasteiger partial charge < -0.3 is 19.3 Å². The van der Waals surface area contributed by atoms with E-state index in [-0.39, 0.29) is 34.4 Å². The number of aryl methyl sites for hydroxylation is 2. The summed E-state index contributed by atoms with van der Waals surface area (Å²) in [6.45, 7) is 0. The summed E-state index contributed by atoms with van der Waals surface area (Å²) in [7, 11) is 6.84. The van der Waals surface area contributed by atoms with E-state index in [1.54, 1.807) is 63.1 Å². The van der Waals surface area contributed by atoms with Crippen LogP contribution in [-0.4, -0.2) is 25.9 Å². The summed E-state index contributed by atoms with van der Waals surface area (Å²) >= 11 is 0. The second kappa shape index (κ2) is 13.1. The second-order valence-corrected chi connectivity index (χ2v) is 10.3. The fraction of sp³-hybridized carbons (Fsp3) is 0.118. The van der Waals surface area contributed by atoms with Gasteiger partial charge in [0, 0.05) is 49.5 Å². The Morgan fingerprint density at radius 1 is 0.522 bits per heavy atom. The van der Waals surface area contributed by atoms with Crippen molar-refractivity contribution in [2.75, 3.05) is 23.9 Å². The van der Waals surface area contributed by atoms with Gasteiger partial charge in [0.25, 0.3) is 11.8 Å². The van der Waals surface area contributed by atoms with Crippen LogP contribution in [0.3, 0.4) is 0 Å². The van der Waals surface area contributed by atoms with Crippen molar-refractivity contribution in [1.82, 2.24) is 0 Å². The number of pyridine rings is 2. The molecule has 2 aromatic heterocycles. The van der Waals surface area contributed by atoms with E-state index in [4.69, 9.17) is 9.47 Å². The molecule has 2 amide bonds. The summed E-state index contributed by atoms with van der Waals surface area (Å²) in [5.41, 5.74) is 1.74.